The van der Waals surface area contributed by atoms with Crippen LogP contribution in [-0.4, -0.2) is 17.2 Å². The predicted molar refractivity (Wildman–Crippen MR) is 61.2 cm³/mol. The Hall–Kier alpha value is -2.01. The number of methoxy groups -OCH3 is 1. The lowest BCUT2D eigenvalue weighted by Crippen LogP contribution is -2.05. The van der Waals surface area contributed by atoms with Gasteiger partial charge in [-0.15, -0.1) is 0 Å². The maximum absolute atomic E-state index is 13.7. The monoisotopic (exact) mass is 251 g/mol. The van der Waals surface area contributed by atoms with Crippen molar-refractivity contribution in [3.05, 3.63) is 59.4 Å². The third-order valence-corrected chi connectivity index (χ3v) is 2.53. The Labute approximate surface area is 103 Å². The highest BCUT2D eigenvalue weighted by Gasteiger charge is 2.16. The quantitative estimate of drug-likeness (QED) is 0.911. The van der Waals surface area contributed by atoms with Crippen molar-refractivity contribution in [2.24, 2.45) is 0 Å². The lowest BCUT2D eigenvalue weighted by atomic mass is 10.1. The molecule has 1 unspecified atom stereocenters. The van der Waals surface area contributed by atoms with Crippen LogP contribution in [0.5, 0.6) is 5.75 Å². The lowest BCUT2D eigenvalue weighted by molar-refractivity contribution is 0.209. The molecule has 2 aromatic rings. The van der Waals surface area contributed by atoms with Crippen LogP contribution in [0.4, 0.5) is 8.78 Å². The zero-order valence-electron chi connectivity index (χ0n) is 9.60. The molecule has 1 atom stereocenters. The van der Waals surface area contributed by atoms with E-state index in [0.29, 0.717) is 5.75 Å². The first-order valence-electron chi connectivity index (χ1n) is 5.25. The van der Waals surface area contributed by atoms with Crippen LogP contribution in [0, 0.1) is 11.6 Å². The number of rotatable bonds is 3. The summed E-state index contributed by atoms with van der Waals surface area (Å²) in [6, 6.07) is 6.58. The number of hydrogen-bond donors (Lipinski definition) is 1. The first-order valence-corrected chi connectivity index (χ1v) is 5.25. The molecule has 0 spiro atoms. The molecule has 0 amide bonds. The maximum Gasteiger partial charge on any atom is 0.141 e. The summed E-state index contributed by atoms with van der Waals surface area (Å²) in [5.41, 5.74) is 0.246. The van der Waals surface area contributed by atoms with Crippen molar-refractivity contribution in [1.82, 2.24) is 4.98 Å². The van der Waals surface area contributed by atoms with Crippen molar-refractivity contribution < 1.29 is 18.6 Å². The second-order valence-electron chi connectivity index (χ2n) is 3.69. The van der Waals surface area contributed by atoms with Gasteiger partial charge in [-0.1, -0.05) is 0 Å². The normalized spacial score (nSPS) is 12.2. The van der Waals surface area contributed by atoms with E-state index in [0.717, 1.165) is 12.3 Å². The number of pyridine rings is 1. The summed E-state index contributed by atoms with van der Waals surface area (Å²) < 4.78 is 31.3. The molecule has 0 bridgehead atoms. The third-order valence-electron chi connectivity index (χ3n) is 2.53. The first kappa shape index (κ1) is 12.4. The fourth-order valence-corrected chi connectivity index (χ4v) is 1.56. The number of halogens is 2. The number of benzene rings is 1. The van der Waals surface area contributed by atoms with Gasteiger partial charge in [-0.05, 0) is 24.3 Å². The number of ether oxygens (including phenoxy) is 1. The van der Waals surface area contributed by atoms with E-state index < -0.39 is 17.7 Å². The van der Waals surface area contributed by atoms with Crippen molar-refractivity contribution >= 4 is 0 Å². The molecule has 0 aliphatic carbocycles. The Kier molecular flexibility index (Phi) is 3.53. The topological polar surface area (TPSA) is 42.4 Å². The molecule has 1 N–H and O–H groups in total. The Bertz CT molecular complexity index is 543. The molecule has 0 saturated heterocycles. The van der Waals surface area contributed by atoms with Gasteiger partial charge >= 0.3 is 0 Å². The molecule has 1 aromatic heterocycles. The number of nitrogens with zero attached hydrogens (tertiary/aromatic N) is 1. The van der Waals surface area contributed by atoms with Crippen molar-refractivity contribution in [2.75, 3.05) is 7.11 Å². The smallest absolute Gasteiger partial charge is 0.141 e. The molecular formula is C13H11F2NO2. The van der Waals surface area contributed by atoms with Crippen LogP contribution >= 0.6 is 0 Å². The molecule has 5 heteroatoms. The Morgan fingerprint density at radius 3 is 2.56 bits per heavy atom. The fourth-order valence-electron chi connectivity index (χ4n) is 1.56. The molecule has 18 heavy (non-hydrogen) atoms. The summed E-state index contributed by atoms with van der Waals surface area (Å²) in [4.78, 5) is 3.72. The molecule has 0 radical (unpaired) electrons. The van der Waals surface area contributed by atoms with E-state index in [1.807, 2.05) is 0 Å². The minimum absolute atomic E-state index is 0.0647. The van der Waals surface area contributed by atoms with Crippen LogP contribution in [0.25, 0.3) is 0 Å². The van der Waals surface area contributed by atoms with E-state index in [2.05, 4.69) is 4.98 Å². The largest absolute Gasteiger partial charge is 0.497 e. The van der Waals surface area contributed by atoms with Crippen LogP contribution < -0.4 is 4.74 Å². The average molecular weight is 251 g/mol. The molecule has 1 heterocycles. The minimum atomic E-state index is -1.24. The highest BCUT2D eigenvalue weighted by Crippen LogP contribution is 2.25. The zero-order valence-corrected chi connectivity index (χ0v) is 9.60. The number of aliphatic hydroxyl groups excluding tert-OH is 1. The molecule has 0 aliphatic heterocycles. The van der Waals surface area contributed by atoms with Crippen LogP contribution in [0.15, 0.2) is 36.5 Å². The summed E-state index contributed by atoms with van der Waals surface area (Å²) in [5.74, 6) is -0.760. The van der Waals surface area contributed by atoms with Gasteiger partial charge in [0, 0.05) is 11.6 Å². The number of hydrogen-bond acceptors (Lipinski definition) is 3. The Morgan fingerprint density at radius 2 is 2.00 bits per heavy atom. The van der Waals surface area contributed by atoms with E-state index in [-0.39, 0.29) is 11.3 Å². The summed E-state index contributed by atoms with van der Waals surface area (Å²) in [6.45, 7) is 0. The molecule has 0 fully saturated rings. The average Bonchev–Trinajstić information content (AvgIpc) is 2.38. The maximum atomic E-state index is 13.7. The van der Waals surface area contributed by atoms with Gasteiger partial charge in [0.05, 0.1) is 19.0 Å². The number of aliphatic hydroxyl groups is 1. The van der Waals surface area contributed by atoms with Gasteiger partial charge < -0.3 is 9.84 Å². The standard InChI is InChI=1S/C13H11F2NO2/c1-18-9-3-4-10(11(15)6-9)13(17)12-5-2-8(14)7-16-12/h2-7,13,17H,1H3. The van der Waals surface area contributed by atoms with Crippen LogP contribution in [0.1, 0.15) is 17.4 Å². The second-order valence-corrected chi connectivity index (χ2v) is 3.69. The van der Waals surface area contributed by atoms with Gasteiger partial charge in [-0.2, -0.15) is 0 Å². The number of aromatic nitrogens is 1. The second kappa shape index (κ2) is 5.10. The molecule has 0 saturated carbocycles. The van der Waals surface area contributed by atoms with E-state index in [1.54, 1.807) is 0 Å². The molecule has 2 rings (SSSR count). The Balaban J connectivity index is 2.33. The lowest BCUT2D eigenvalue weighted by Gasteiger charge is -2.12. The van der Waals surface area contributed by atoms with E-state index in [4.69, 9.17) is 4.74 Å². The Morgan fingerprint density at radius 1 is 1.22 bits per heavy atom. The highest BCUT2D eigenvalue weighted by atomic mass is 19.1. The summed E-state index contributed by atoms with van der Waals surface area (Å²) in [5, 5.41) is 9.96. The van der Waals surface area contributed by atoms with Crippen LogP contribution in [0.3, 0.4) is 0 Å². The van der Waals surface area contributed by atoms with Crippen molar-refractivity contribution in [3.8, 4) is 5.75 Å². The van der Waals surface area contributed by atoms with Crippen molar-refractivity contribution in [3.63, 3.8) is 0 Å². The molecular weight excluding hydrogens is 240 g/mol. The third kappa shape index (κ3) is 2.46. The fraction of sp³-hybridized carbons (Fsp3) is 0.154. The van der Waals surface area contributed by atoms with E-state index >= 15 is 0 Å². The minimum Gasteiger partial charge on any atom is -0.497 e. The molecule has 1 aromatic carbocycles. The van der Waals surface area contributed by atoms with Crippen LogP contribution in [-0.2, 0) is 0 Å². The first-order chi connectivity index (χ1) is 8.61. The van der Waals surface area contributed by atoms with E-state index in [9.17, 15) is 13.9 Å². The summed E-state index contributed by atoms with van der Waals surface area (Å²) in [6.07, 6.45) is -0.267. The molecule has 3 nitrogen and oxygen atoms in total. The van der Waals surface area contributed by atoms with Crippen molar-refractivity contribution in [2.45, 2.75) is 6.10 Å². The van der Waals surface area contributed by atoms with Gasteiger partial charge in [0.15, 0.2) is 0 Å². The van der Waals surface area contributed by atoms with Gasteiger partial charge in [-0.3, -0.25) is 4.98 Å². The van der Waals surface area contributed by atoms with Crippen LogP contribution in [0.2, 0.25) is 0 Å². The van der Waals surface area contributed by atoms with Gasteiger partial charge in [0.2, 0.25) is 0 Å². The molecule has 94 valence electrons. The molecule has 0 aliphatic rings. The van der Waals surface area contributed by atoms with Gasteiger partial charge in [-0.25, -0.2) is 8.78 Å². The van der Waals surface area contributed by atoms with Gasteiger partial charge in [0.1, 0.15) is 23.5 Å². The highest BCUT2D eigenvalue weighted by molar-refractivity contribution is 5.33. The van der Waals surface area contributed by atoms with Crippen molar-refractivity contribution in [1.29, 1.82) is 0 Å². The summed E-state index contributed by atoms with van der Waals surface area (Å²) in [7, 11) is 1.42. The van der Waals surface area contributed by atoms with Gasteiger partial charge in [0.25, 0.3) is 0 Å². The zero-order chi connectivity index (χ0) is 13.1. The van der Waals surface area contributed by atoms with E-state index in [1.165, 1.54) is 31.4 Å². The SMILES string of the molecule is COc1ccc(C(O)c2ccc(F)cn2)c(F)c1. The predicted octanol–water partition coefficient (Wildman–Crippen LogP) is 2.45. The summed E-state index contributed by atoms with van der Waals surface area (Å²) >= 11 is 0.